The van der Waals surface area contributed by atoms with Crippen molar-refractivity contribution in [3.63, 3.8) is 0 Å². The highest BCUT2D eigenvalue weighted by atomic mass is 19.4. The average Bonchev–Trinajstić information content (AvgIpc) is 2.43. The molecule has 1 fully saturated rings. The molecule has 0 aromatic heterocycles. The molecule has 1 amide bonds. The van der Waals surface area contributed by atoms with Crippen LogP contribution in [0.5, 0.6) is 0 Å². The Morgan fingerprint density at radius 3 is 2.50 bits per heavy atom. The third-order valence-corrected chi connectivity index (χ3v) is 3.53. The number of carbonyl (C=O) groups is 1. The molecular formula is C14H25F3N2O3. The first kappa shape index (κ1) is 19.2. The molecule has 5 nitrogen and oxygen atoms in total. The summed E-state index contributed by atoms with van der Waals surface area (Å²) < 4.78 is 45.4. The molecule has 8 heteroatoms. The van der Waals surface area contributed by atoms with Crippen LogP contribution in [-0.4, -0.2) is 69.1 Å². The van der Waals surface area contributed by atoms with Gasteiger partial charge in [-0.15, -0.1) is 0 Å². The number of alkyl halides is 3. The van der Waals surface area contributed by atoms with Crippen molar-refractivity contribution in [2.75, 3.05) is 46.1 Å². The molecule has 1 rings (SSSR count). The van der Waals surface area contributed by atoms with Crippen LogP contribution in [0.25, 0.3) is 0 Å². The predicted molar refractivity (Wildman–Crippen MR) is 75.5 cm³/mol. The summed E-state index contributed by atoms with van der Waals surface area (Å²) in [5.74, 6) is 0.0703. The van der Waals surface area contributed by atoms with Crippen LogP contribution >= 0.6 is 0 Å². The third-order valence-electron chi connectivity index (χ3n) is 3.53. The summed E-state index contributed by atoms with van der Waals surface area (Å²) in [6.07, 6.45) is -4.42. The van der Waals surface area contributed by atoms with Gasteiger partial charge in [0.1, 0.15) is 6.61 Å². The van der Waals surface area contributed by atoms with Crippen molar-refractivity contribution in [1.82, 2.24) is 10.2 Å². The largest absolute Gasteiger partial charge is 0.411 e. The van der Waals surface area contributed by atoms with Crippen molar-refractivity contribution >= 4 is 5.91 Å². The second kappa shape index (κ2) is 9.32. The summed E-state index contributed by atoms with van der Waals surface area (Å²) in [5.41, 5.74) is 0. The average molecular weight is 326 g/mol. The minimum atomic E-state index is -4.35. The van der Waals surface area contributed by atoms with E-state index in [1.807, 2.05) is 0 Å². The van der Waals surface area contributed by atoms with Crippen molar-refractivity contribution in [1.29, 1.82) is 0 Å². The molecule has 0 radical (unpaired) electrons. The number of rotatable bonds is 8. The fourth-order valence-electron chi connectivity index (χ4n) is 2.36. The number of hydrogen-bond donors (Lipinski definition) is 1. The number of nitrogens with one attached hydrogen (secondary N) is 1. The van der Waals surface area contributed by atoms with Crippen molar-refractivity contribution in [3.8, 4) is 0 Å². The summed E-state index contributed by atoms with van der Waals surface area (Å²) in [5, 5.41) is 2.78. The molecule has 0 bridgehead atoms. The zero-order valence-corrected chi connectivity index (χ0v) is 13.1. The molecule has 1 unspecified atom stereocenters. The summed E-state index contributed by atoms with van der Waals surface area (Å²) in [6, 6.07) is 0.198. The van der Waals surface area contributed by atoms with E-state index in [0.29, 0.717) is 25.7 Å². The summed E-state index contributed by atoms with van der Waals surface area (Å²) in [7, 11) is 0. The summed E-state index contributed by atoms with van der Waals surface area (Å²) in [6.45, 7) is 6.12. The monoisotopic (exact) mass is 326 g/mol. The minimum absolute atomic E-state index is 0.0655. The molecule has 0 aromatic rings. The first-order chi connectivity index (χ1) is 10.3. The van der Waals surface area contributed by atoms with Crippen molar-refractivity contribution in [3.05, 3.63) is 0 Å². The van der Waals surface area contributed by atoms with Gasteiger partial charge in [-0.05, 0) is 5.92 Å². The van der Waals surface area contributed by atoms with E-state index in [-0.39, 0.29) is 25.0 Å². The zero-order chi connectivity index (χ0) is 16.6. The first-order valence-corrected chi connectivity index (χ1v) is 7.52. The lowest BCUT2D eigenvalue weighted by molar-refractivity contribution is -0.174. The lowest BCUT2D eigenvalue weighted by atomic mass is 10.0. The number of carbonyl (C=O) groups excluding carboxylic acids is 1. The van der Waals surface area contributed by atoms with Crippen molar-refractivity contribution in [2.24, 2.45) is 5.92 Å². The molecule has 0 aromatic carbocycles. The molecule has 22 heavy (non-hydrogen) atoms. The number of halogens is 3. The number of morpholine rings is 1. The number of hydrogen-bond acceptors (Lipinski definition) is 4. The van der Waals surface area contributed by atoms with Crippen LogP contribution in [0.4, 0.5) is 13.2 Å². The molecular weight excluding hydrogens is 301 g/mol. The van der Waals surface area contributed by atoms with Crippen LogP contribution in [0.3, 0.4) is 0 Å². The van der Waals surface area contributed by atoms with Gasteiger partial charge >= 0.3 is 6.18 Å². The van der Waals surface area contributed by atoms with E-state index < -0.39 is 12.8 Å². The minimum Gasteiger partial charge on any atom is -0.379 e. The normalized spacial score (nSPS) is 18.5. The van der Waals surface area contributed by atoms with Gasteiger partial charge in [0.2, 0.25) is 5.91 Å². The van der Waals surface area contributed by atoms with Crippen LogP contribution in [0.15, 0.2) is 0 Å². The molecule has 1 saturated heterocycles. The van der Waals surface area contributed by atoms with Crippen molar-refractivity contribution < 1.29 is 27.4 Å². The highest BCUT2D eigenvalue weighted by molar-refractivity contribution is 5.75. The smallest absolute Gasteiger partial charge is 0.379 e. The van der Waals surface area contributed by atoms with Crippen LogP contribution in [-0.2, 0) is 14.3 Å². The van der Waals surface area contributed by atoms with Gasteiger partial charge in [-0.2, -0.15) is 13.2 Å². The Kier molecular flexibility index (Phi) is 8.13. The fourth-order valence-corrected chi connectivity index (χ4v) is 2.36. The van der Waals surface area contributed by atoms with Crippen LogP contribution in [0.1, 0.15) is 20.3 Å². The van der Waals surface area contributed by atoms with E-state index >= 15 is 0 Å². The number of amides is 1. The van der Waals surface area contributed by atoms with Gasteiger partial charge in [-0.25, -0.2) is 0 Å². The molecule has 0 spiro atoms. The molecule has 0 aliphatic carbocycles. The van der Waals surface area contributed by atoms with Gasteiger partial charge in [0, 0.05) is 32.1 Å². The van der Waals surface area contributed by atoms with E-state index in [9.17, 15) is 18.0 Å². The molecule has 1 heterocycles. The van der Waals surface area contributed by atoms with Gasteiger partial charge in [-0.1, -0.05) is 13.8 Å². The molecule has 1 aliphatic rings. The van der Waals surface area contributed by atoms with Gasteiger partial charge in [-0.3, -0.25) is 9.69 Å². The van der Waals surface area contributed by atoms with Crippen molar-refractivity contribution in [2.45, 2.75) is 32.5 Å². The number of nitrogens with zero attached hydrogens (tertiary/aromatic N) is 1. The molecule has 1 atom stereocenters. The Hall–Kier alpha value is -0.860. The highest BCUT2D eigenvalue weighted by Crippen LogP contribution is 2.14. The molecule has 1 aliphatic heterocycles. The molecule has 130 valence electrons. The Bertz CT molecular complexity index is 332. The van der Waals surface area contributed by atoms with Gasteiger partial charge in [0.15, 0.2) is 0 Å². The van der Waals surface area contributed by atoms with E-state index in [4.69, 9.17) is 4.74 Å². The summed E-state index contributed by atoms with van der Waals surface area (Å²) in [4.78, 5) is 13.9. The first-order valence-electron chi connectivity index (χ1n) is 7.52. The highest BCUT2D eigenvalue weighted by Gasteiger charge is 2.27. The van der Waals surface area contributed by atoms with E-state index in [1.165, 1.54) is 0 Å². The SMILES string of the molecule is CC(C)C(CNC(=O)CCOCC(F)(F)F)N1CCOCC1. The Morgan fingerprint density at radius 2 is 1.95 bits per heavy atom. The topological polar surface area (TPSA) is 50.8 Å². The van der Waals surface area contributed by atoms with Gasteiger partial charge in [0.05, 0.1) is 19.8 Å². The Morgan fingerprint density at radius 1 is 1.32 bits per heavy atom. The van der Waals surface area contributed by atoms with Crippen LogP contribution in [0.2, 0.25) is 0 Å². The van der Waals surface area contributed by atoms with E-state index in [1.54, 1.807) is 0 Å². The lowest BCUT2D eigenvalue weighted by Gasteiger charge is -2.36. The lowest BCUT2D eigenvalue weighted by Crippen LogP contribution is -2.51. The van der Waals surface area contributed by atoms with E-state index in [0.717, 1.165) is 13.1 Å². The zero-order valence-electron chi connectivity index (χ0n) is 13.1. The van der Waals surface area contributed by atoms with Gasteiger partial charge < -0.3 is 14.8 Å². The fraction of sp³-hybridized carbons (Fsp3) is 0.929. The maximum absolute atomic E-state index is 11.9. The quantitative estimate of drug-likeness (QED) is 0.686. The Balaban J connectivity index is 2.24. The second-order valence-corrected chi connectivity index (χ2v) is 5.68. The standard InChI is InChI=1S/C14H25F3N2O3/c1-11(2)12(19-4-7-21-8-5-19)9-18-13(20)3-6-22-10-14(15,16)17/h11-12H,3-10H2,1-2H3,(H,18,20). The second-order valence-electron chi connectivity index (χ2n) is 5.68. The number of ether oxygens (including phenoxy) is 2. The maximum Gasteiger partial charge on any atom is 0.411 e. The van der Waals surface area contributed by atoms with Gasteiger partial charge in [0.25, 0.3) is 0 Å². The predicted octanol–water partition coefficient (Wildman–Crippen LogP) is 1.43. The van der Waals surface area contributed by atoms with Crippen LogP contribution in [0, 0.1) is 5.92 Å². The van der Waals surface area contributed by atoms with Crippen LogP contribution < -0.4 is 5.32 Å². The molecule has 1 N–H and O–H groups in total. The third kappa shape index (κ3) is 7.95. The van der Waals surface area contributed by atoms with E-state index in [2.05, 4.69) is 28.8 Å². The molecule has 0 saturated carbocycles. The Labute approximate surface area is 129 Å². The summed E-state index contributed by atoms with van der Waals surface area (Å²) >= 11 is 0. The maximum atomic E-state index is 11.9.